The molecule has 1 N–H and O–H groups in total. The van der Waals surface area contributed by atoms with E-state index >= 15 is 0 Å². The van der Waals surface area contributed by atoms with E-state index in [2.05, 4.69) is 17.0 Å². The zero-order valence-electron chi connectivity index (χ0n) is 11.9. The van der Waals surface area contributed by atoms with Crippen LogP contribution < -0.4 is 0 Å². The maximum absolute atomic E-state index is 11.0. The van der Waals surface area contributed by atoms with Crippen LogP contribution in [0, 0.1) is 0 Å². The van der Waals surface area contributed by atoms with Crippen LogP contribution >= 0.6 is 0 Å². The van der Waals surface area contributed by atoms with Gasteiger partial charge < -0.3 is 10.0 Å². The van der Waals surface area contributed by atoms with Crippen molar-refractivity contribution >= 4 is 35.7 Å². The second-order valence-electron chi connectivity index (χ2n) is 5.20. The molecule has 0 amide bonds. The minimum atomic E-state index is -0.894. The van der Waals surface area contributed by atoms with Gasteiger partial charge in [0.1, 0.15) is 0 Å². The van der Waals surface area contributed by atoms with Crippen molar-refractivity contribution in [2.45, 2.75) is 18.9 Å². The molecule has 1 radical (unpaired) electrons. The summed E-state index contributed by atoms with van der Waals surface area (Å²) >= 11 is 0. The average molecular weight is 266 g/mol. The maximum atomic E-state index is 11.0. The van der Waals surface area contributed by atoms with Crippen LogP contribution in [-0.2, 0) is 0 Å². The summed E-state index contributed by atoms with van der Waals surface area (Å²) < 4.78 is 2.05. The Morgan fingerprint density at radius 2 is 2.05 bits per heavy atom. The molecule has 1 aromatic carbocycles. The van der Waals surface area contributed by atoms with E-state index in [9.17, 15) is 4.79 Å². The smallest absolute Gasteiger partial charge is 0.335 e. The minimum Gasteiger partial charge on any atom is -0.478 e. The number of fused-ring (bicyclic) bond motifs is 1. The molecule has 2 heterocycles. The molecule has 1 saturated heterocycles. The standard InChI is InChI=1S/C14H17N3O2.Li/c1-16-6-4-12(5-7-16)17-13-3-2-10(14(18)19)8-11(13)9-15-17;/h2-3,8-9,12H,4-7H2,1H3,(H,18,19);. The molecule has 2 aromatic rings. The first kappa shape index (κ1) is 15.1. The molecule has 3 rings (SSSR count). The van der Waals surface area contributed by atoms with Gasteiger partial charge in [-0.1, -0.05) is 0 Å². The van der Waals surface area contributed by atoms with Crippen molar-refractivity contribution in [3.63, 3.8) is 0 Å². The predicted molar refractivity (Wildman–Crippen MR) is 78.2 cm³/mol. The summed E-state index contributed by atoms with van der Waals surface area (Å²) in [6.45, 7) is 2.17. The van der Waals surface area contributed by atoms with Crippen molar-refractivity contribution in [3.8, 4) is 0 Å². The largest absolute Gasteiger partial charge is 0.478 e. The zero-order chi connectivity index (χ0) is 13.4. The first-order valence-corrected chi connectivity index (χ1v) is 6.54. The molecular formula is C14H17LiN3O2. The van der Waals surface area contributed by atoms with Crippen molar-refractivity contribution in [1.29, 1.82) is 0 Å². The van der Waals surface area contributed by atoms with Gasteiger partial charge in [0.25, 0.3) is 0 Å². The molecule has 0 saturated carbocycles. The van der Waals surface area contributed by atoms with Crippen molar-refractivity contribution < 1.29 is 9.90 Å². The van der Waals surface area contributed by atoms with Crippen molar-refractivity contribution in [3.05, 3.63) is 30.0 Å². The summed E-state index contributed by atoms with van der Waals surface area (Å²) in [4.78, 5) is 13.3. The number of hydrogen-bond acceptors (Lipinski definition) is 3. The van der Waals surface area contributed by atoms with Gasteiger partial charge in [-0.2, -0.15) is 5.10 Å². The Hall–Kier alpha value is -1.28. The molecule has 0 bridgehead atoms. The summed E-state index contributed by atoms with van der Waals surface area (Å²) in [6.07, 6.45) is 3.95. The first-order valence-electron chi connectivity index (χ1n) is 6.54. The second kappa shape index (κ2) is 6.00. The molecule has 1 fully saturated rings. The Labute approximate surface area is 129 Å². The third-order valence-electron chi connectivity index (χ3n) is 3.88. The molecule has 101 valence electrons. The summed E-state index contributed by atoms with van der Waals surface area (Å²) in [5, 5.41) is 14.3. The van der Waals surface area contributed by atoms with Gasteiger partial charge in [-0.3, -0.25) is 4.68 Å². The third kappa shape index (κ3) is 2.75. The average Bonchev–Trinajstić information content (AvgIpc) is 2.82. The molecule has 5 nitrogen and oxygen atoms in total. The Balaban J connectivity index is 0.00000147. The van der Waals surface area contributed by atoms with Crippen LogP contribution in [0.5, 0.6) is 0 Å². The Kier molecular flexibility index (Phi) is 4.54. The zero-order valence-corrected chi connectivity index (χ0v) is 11.9. The number of rotatable bonds is 2. The van der Waals surface area contributed by atoms with Gasteiger partial charge in [0, 0.05) is 24.2 Å². The number of carbonyl (C=O) groups is 1. The first-order chi connectivity index (χ1) is 9.15. The van der Waals surface area contributed by atoms with Gasteiger partial charge in [0.2, 0.25) is 0 Å². The maximum Gasteiger partial charge on any atom is 0.335 e. The number of carboxylic acid groups (broad SMARTS) is 1. The van der Waals surface area contributed by atoms with Crippen LogP contribution in [-0.4, -0.2) is 64.8 Å². The Morgan fingerprint density at radius 3 is 2.70 bits per heavy atom. The van der Waals surface area contributed by atoms with E-state index in [-0.39, 0.29) is 18.9 Å². The molecule has 0 spiro atoms. The minimum absolute atomic E-state index is 0. The van der Waals surface area contributed by atoms with E-state index in [1.165, 1.54) is 0 Å². The van der Waals surface area contributed by atoms with E-state index in [0.29, 0.717) is 11.6 Å². The van der Waals surface area contributed by atoms with Crippen molar-refractivity contribution in [2.75, 3.05) is 20.1 Å². The molecule has 0 atom stereocenters. The van der Waals surface area contributed by atoms with E-state index in [4.69, 9.17) is 5.11 Å². The fourth-order valence-electron chi connectivity index (χ4n) is 2.72. The van der Waals surface area contributed by atoms with Gasteiger partial charge in [-0.05, 0) is 51.2 Å². The third-order valence-corrected chi connectivity index (χ3v) is 3.88. The number of nitrogens with zero attached hydrogens (tertiary/aromatic N) is 3. The topological polar surface area (TPSA) is 58.4 Å². The molecule has 0 aliphatic carbocycles. The number of benzene rings is 1. The fraction of sp³-hybridized carbons (Fsp3) is 0.429. The normalized spacial score (nSPS) is 17.1. The Morgan fingerprint density at radius 1 is 1.35 bits per heavy atom. The van der Waals surface area contributed by atoms with E-state index in [1.54, 1.807) is 18.3 Å². The van der Waals surface area contributed by atoms with Crippen molar-refractivity contribution in [2.24, 2.45) is 0 Å². The predicted octanol–water partition coefficient (Wildman–Crippen LogP) is 1.62. The van der Waals surface area contributed by atoms with Crippen LogP contribution in [0.3, 0.4) is 0 Å². The van der Waals surface area contributed by atoms with Crippen LogP contribution in [0.2, 0.25) is 0 Å². The number of carboxylic acids is 1. The molecule has 20 heavy (non-hydrogen) atoms. The van der Waals surface area contributed by atoms with Crippen LogP contribution in [0.4, 0.5) is 0 Å². The summed E-state index contributed by atoms with van der Waals surface area (Å²) in [6, 6.07) is 5.63. The quantitative estimate of drug-likeness (QED) is 0.839. The Bertz CT molecular complexity index is 618. The number of likely N-dealkylation sites (tertiary alicyclic amines) is 1. The molecule has 1 aliphatic heterocycles. The number of hydrogen-bond donors (Lipinski definition) is 1. The van der Waals surface area contributed by atoms with Crippen molar-refractivity contribution in [1.82, 2.24) is 14.7 Å². The molecule has 0 unspecified atom stereocenters. The van der Waals surface area contributed by atoms with Crippen LogP contribution in [0.15, 0.2) is 24.4 Å². The summed E-state index contributed by atoms with van der Waals surface area (Å²) in [5.41, 5.74) is 1.34. The van der Waals surface area contributed by atoms with E-state index < -0.39 is 5.97 Å². The molecule has 6 heteroatoms. The van der Waals surface area contributed by atoms with Gasteiger partial charge >= 0.3 is 5.97 Å². The fourth-order valence-corrected chi connectivity index (χ4v) is 2.72. The molecule has 1 aromatic heterocycles. The molecular weight excluding hydrogens is 249 g/mol. The van der Waals surface area contributed by atoms with Gasteiger partial charge in [0.05, 0.1) is 23.3 Å². The van der Waals surface area contributed by atoms with Crippen LogP contribution in [0.25, 0.3) is 10.9 Å². The number of aromatic nitrogens is 2. The van der Waals surface area contributed by atoms with E-state index in [0.717, 1.165) is 36.8 Å². The van der Waals surface area contributed by atoms with Gasteiger partial charge in [0.15, 0.2) is 0 Å². The van der Waals surface area contributed by atoms with Gasteiger partial charge in [-0.15, -0.1) is 0 Å². The van der Waals surface area contributed by atoms with E-state index in [1.807, 2.05) is 10.7 Å². The second-order valence-corrected chi connectivity index (χ2v) is 5.20. The monoisotopic (exact) mass is 266 g/mol. The number of aromatic carboxylic acids is 1. The molecule has 1 aliphatic rings. The summed E-state index contributed by atoms with van der Waals surface area (Å²) in [5.74, 6) is -0.894. The summed E-state index contributed by atoms with van der Waals surface area (Å²) in [7, 11) is 2.14. The SMILES string of the molecule is CN1CCC(n2ncc3cc(C(=O)O)ccc32)CC1.[Li]. The van der Waals surface area contributed by atoms with Crippen LogP contribution in [0.1, 0.15) is 29.2 Å². The number of piperidine rings is 1. The van der Waals surface area contributed by atoms with Gasteiger partial charge in [-0.25, -0.2) is 4.79 Å².